The Kier molecular flexibility index (Phi) is 2.66. The van der Waals surface area contributed by atoms with Gasteiger partial charge in [0.15, 0.2) is 0 Å². The van der Waals surface area contributed by atoms with Crippen LogP contribution in [0.15, 0.2) is 54.6 Å². The molecule has 1 aromatic heterocycles. The Balaban J connectivity index is 1.85. The van der Waals surface area contributed by atoms with E-state index in [1.165, 1.54) is 47.1 Å². The van der Waals surface area contributed by atoms with Crippen molar-refractivity contribution < 1.29 is 0 Å². The average molecular weight is 261 g/mol. The van der Waals surface area contributed by atoms with Gasteiger partial charge in [0.1, 0.15) is 0 Å². The van der Waals surface area contributed by atoms with Gasteiger partial charge in [-0.2, -0.15) is 0 Å². The first-order valence-electron chi connectivity index (χ1n) is 7.49. The summed E-state index contributed by atoms with van der Waals surface area (Å²) in [5.41, 5.74) is 5.51. The summed E-state index contributed by atoms with van der Waals surface area (Å²) in [6, 6.07) is 19.9. The normalized spacial score (nSPS) is 18.1. The average Bonchev–Trinajstić information content (AvgIpc) is 2.84. The molecule has 0 radical (unpaired) electrons. The lowest BCUT2D eigenvalue weighted by Crippen LogP contribution is -2.16. The van der Waals surface area contributed by atoms with E-state index in [0.29, 0.717) is 0 Å². The Hall–Kier alpha value is -2.02. The van der Waals surface area contributed by atoms with Gasteiger partial charge < -0.3 is 4.57 Å². The summed E-state index contributed by atoms with van der Waals surface area (Å²) in [4.78, 5) is 0. The molecular weight excluding hydrogens is 242 g/mol. The van der Waals surface area contributed by atoms with Crippen LogP contribution in [0.4, 0.5) is 0 Å². The Labute approximate surface area is 119 Å². The number of aromatic nitrogens is 1. The molecule has 0 amide bonds. The predicted octanol–water partition coefficient (Wildman–Crippen LogP) is 4.89. The van der Waals surface area contributed by atoms with Gasteiger partial charge in [0.05, 0.1) is 0 Å². The van der Waals surface area contributed by atoms with Crippen LogP contribution >= 0.6 is 0 Å². The number of benzene rings is 2. The first kappa shape index (κ1) is 11.8. The molecule has 3 aromatic rings. The van der Waals surface area contributed by atoms with Crippen LogP contribution in [0.5, 0.6) is 0 Å². The van der Waals surface area contributed by atoms with Gasteiger partial charge >= 0.3 is 0 Å². The van der Waals surface area contributed by atoms with Gasteiger partial charge in [0.2, 0.25) is 0 Å². The Morgan fingerprint density at radius 2 is 1.80 bits per heavy atom. The fraction of sp³-hybridized carbons (Fsp3) is 0.263. The molecule has 2 aromatic carbocycles. The molecule has 0 N–H and O–H groups in total. The quantitative estimate of drug-likeness (QED) is 0.587. The summed E-state index contributed by atoms with van der Waals surface area (Å²) in [7, 11) is 0. The number of hydrogen-bond acceptors (Lipinski definition) is 0. The van der Waals surface area contributed by atoms with Gasteiger partial charge in [0.25, 0.3) is 0 Å². The van der Waals surface area contributed by atoms with Crippen molar-refractivity contribution in [2.75, 3.05) is 0 Å². The van der Waals surface area contributed by atoms with Gasteiger partial charge in [0, 0.05) is 23.1 Å². The van der Waals surface area contributed by atoms with E-state index in [1.807, 2.05) is 0 Å². The largest absolute Gasteiger partial charge is 0.345 e. The maximum atomic E-state index is 2.50. The van der Waals surface area contributed by atoms with E-state index in [0.717, 1.165) is 5.92 Å². The van der Waals surface area contributed by atoms with Crippen molar-refractivity contribution in [1.82, 2.24) is 4.57 Å². The summed E-state index contributed by atoms with van der Waals surface area (Å²) in [6.07, 6.45) is 2.52. The third kappa shape index (κ3) is 1.85. The van der Waals surface area contributed by atoms with E-state index >= 15 is 0 Å². The minimum Gasteiger partial charge on any atom is -0.345 e. The van der Waals surface area contributed by atoms with E-state index in [-0.39, 0.29) is 0 Å². The molecule has 1 nitrogen and oxygen atoms in total. The zero-order valence-corrected chi connectivity index (χ0v) is 11.8. The van der Waals surface area contributed by atoms with Gasteiger partial charge in [-0.1, -0.05) is 43.3 Å². The van der Waals surface area contributed by atoms with Crippen molar-refractivity contribution in [2.45, 2.75) is 26.3 Å². The summed E-state index contributed by atoms with van der Waals surface area (Å²) >= 11 is 0. The second-order valence-electron chi connectivity index (χ2n) is 6.02. The smallest absolute Gasteiger partial charge is 0.0482 e. The lowest BCUT2D eigenvalue weighted by molar-refractivity contribution is 0.423. The molecule has 0 saturated carbocycles. The fourth-order valence-corrected chi connectivity index (χ4v) is 3.38. The van der Waals surface area contributed by atoms with Crippen molar-refractivity contribution >= 4 is 10.9 Å². The van der Waals surface area contributed by atoms with Crippen LogP contribution < -0.4 is 0 Å². The molecule has 1 aliphatic rings. The van der Waals surface area contributed by atoms with Crippen molar-refractivity contribution in [3.63, 3.8) is 0 Å². The lowest BCUT2D eigenvalue weighted by atomic mass is 9.98. The van der Waals surface area contributed by atoms with E-state index in [1.54, 1.807) is 0 Å². The lowest BCUT2D eigenvalue weighted by Gasteiger charge is -2.21. The van der Waals surface area contributed by atoms with E-state index in [2.05, 4.69) is 66.1 Å². The van der Waals surface area contributed by atoms with Crippen LogP contribution in [0.2, 0.25) is 0 Å². The third-order valence-electron chi connectivity index (χ3n) is 4.50. The molecule has 2 heterocycles. The van der Waals surface area contributed by atoms with E-state index < -0.39 is 0 Å². The minimum absolute atomic E-state index is 0.820. The van der Waals surface area contributed by atoms with Crippen molar-refractivity contribution in [3.8, 4) is 11.1 Å². The highest BCUT2D eigenvalue weighted by molar-refractivity contribution is 5.86. The monoisotopic (exact) mass is 261 g/mol. The fourth-order valence-electron chi connectivity index (χ4n) is 3.38. The molecule has 100 valence electrons. The van der Waals surface area contributed by atoms with Gasteiger partial charge in [-0.3, -0.25) is 0 Å². The van der Waals surface area contributed by atoms with Gasteiger partial charge in [-0.05, 0) is 48.1 Å². The molecule has 0 spiro atoms. The molecule has 0 bridgehead atoms. The molecule has 20 heavy (non-hydrogen) atoms. The van der Waals surface area contributed by atoms with Crippen LogP contribution in [0.1, 0.15) is 19.0 Å². The maximum Gasteiger partial charge on any atom is 0.0482 e. The molecular formula is C19H19N. The molecule has 0 fully saturated rings. The SMILES string of the molecule is CC1CCn2c(cc3cc(-c4ccccc4)ccc32)C1. The molecule has 4 rings (SSSR count). The first-order valence-corrected chi connectivity index (χ1v) is 7.49. The summed E-state index contributed by atoms with van der Waals surface area (Å²) in [5.74, 6) is 0.820. The molecule has 0 saturated heterocycles. The zero-order valence-electron chi connectivity index (χ0n) is 11.8. The number of hydrogen-bond donors (Lipinski definition) is 0. The van der Waals surface area contributed by atoms with Crippen molar-refractivity contribution in [2.24, 2.45) is 5.92 Å². The molecule has 1 heteroatoms. The number of aryl methyl sites for hydroxylation is 1. The summed E-state index contributed by atoms with van der Waals surface area (Å²) < 4.78 is 2.50. The standard InChI is InChI=1S/C19H19N/c1-14-9-10-20-18(11-14)13-17-12-16(7-8-19(17)20)15-5-3-2-4-6-15/h2-8,12-14H,9-11H2,1H3. The van der Waals surface area contributed by atoms with Gasteiger partial charge in [-0.15, -0.1) is 0 Å². The molecule has 0 aliphatic carbocycles. The molecule has 1 unspecified atom stereocenters. The first-order chi connectivity index (χ1) is 9.81. The topological polar surface area (TPSA) is 4.93 Å². The highest BCUT2D eigenvalue weighted by Gasteiger charge is 2.17. The molecule has 1 atom stereocenters. The minimum atomic E-state index is 0.820. The van der Waals surface area contributed by atoms with E-state index in [4.69, 9.17) is 0 Å². The van der Waals surface area contributed by atoms with Crippen molar-refractivity contribution in [1.29, 1.82) is 0 Å². The van der Waals surface area contributed by atoms with Crippen LogP contribution in [0.3, 0.4) is 0 Å². The summed E-state index contributed by atoms with van der Waals surface area (Å²) in [5, 5.41) is 1.38. The third-order valence-corrected chi connectivity index (χ3v) is 4.50. The highest BCUT2D eigenvalue weighted by atomic mass is 15.0. The zero-order chi connectivity index (χ0) is 13.5. The second kappa shape index (κ2) is 4.52. The summed E-state index contributed by atoms with van der Waals surface area (Å²) in [6.45, 7) is 3.53. The maximum absolute atomic E-state index is 2.50. The Morgan fingerprint density at radius 1 is 0.950 bits per heavy atom. The number of rotatable bonds is 1. The van der Waals surface area contributed by atoms with Gasteiger partial charge in [-0.25, -0.2) is 0 Å². The van der Waals surface area contributed by atoms with E-state index in [9.17, 15) is 0 Å². The molecule has 1 aliphatic heterocycles. The Morgan fingerprint density at radius 3 is 2.65 bits per heavy atom. The van der Waals surface area contributed by atoms with Crippen LogP contribution in [-0.4, -0.2) is 4.57 Å². The van der Waals surface area contributed by atoms with Crippen LogP contribution in [-0.2, 0) is 13.0 Å². The van der Waals surface area contributed by atoms with Crippen LogP contribution in [0.25, 0.3) is 22.0 Å². The number of fused-ring (bicyclic) bond motifs is 3. The van der Waals surface area contributed by atoms with Crippen molar-refractivity contribution in [3.05, 3.63) is 60.3 Å². The van der Waals surface area contributed by atoms with Crippen LogP contribution in [0, 0.1) is 5.92 Å². The highest BCUT2D eigenvalue weighted by Crippen LogP contribution is 2.31. The number of nitrogens with zero attached hydrogens (tertiary/aromatic N) is 1. The predicted molar refractivity (Wildman–Crippen MR) is 84.9 cm³/mol. The Bertz CT molecular complexity index is 752. The second-order valence-corrected chi connectivity index (χ2v) is 6.02.